The van der Waals surface area contributed by atoms with Gasteiger partial charge in [-0.2, -0.15) is 5.26 Å². The van der Waals surface area contributed by atoms with Crippen molar-refractivity contribution in [2.24, 2.45) is 5.92 Å². The van der Waals surface area contributed by atoms with Crippen molar-refractivity contribution in [1.29, 1.82) is 5.26 Å². The molecule has 11 heteroatoms. The fraction of sp³-hybridized carbons (Fsp3) is 0.364. The lowest BCUT2D eigenvalue weighted by Crippen LogP contribution is -2.42. The smallest absolute Gasteiger partial charge is 0.256 e. The molecule has 1 fully saturated rings. The number of piperidine rings is 1. The van der Waals surface area contributed by atoms with Gasteiger partial charge >= 0.3 is 0 Å². The highest BCUT2D eigenvalue weighted by molar-refractivity contribution is 7.80. The molecular formula is C33H35N7O2S2. The van der Waals surface area contributed by atoms with Crippen molar-refractivity contribution in [3.63, 3.8) is 0 Å². The summed E-state index contributed by atoms with van der Waals surface area (Å²) >= 11 is 5.67. The van der Waals surface area contributed by atoms with Gasteiger partial charge in [0.15, 0.2) is 5.16 Å². The van der Waals surface area contributed by atoms with Crippen LogP contribution in [-0.2, 0) is 17.8 Å². The summed E-state index contributed by atoms with van der Waals surface area (Å²) in [4.78, 5) is 42.5. The quantitative estimate of drug-likeness (QED) is 0.204. The second kappa shape index (κ2) is 13.3. The molecule has 4 aromatic rings. The molecule has 9 nitrogen and oxygen atoms in total. The maximum absolute atomic E-state index is 13.3. The molecule has 226 valence electrons. The molecule has 2 amide bonds. The number of aromatic nitrogens is 2. The Bertz CT molecular complexity index is 1730. The van der Waals surface area contributed by atoms with Gasteiger partial charge in [-0.15, -0.1) is 24.0 Å². The van der Waals surface area contributed by atoms with Gasteiger partial charge in [-0.3, -0.25) is 9.59 Å². The normalized spacial score (nSPS) is 16.8. The third-order valence-electron chi connectivity index (χ3n) is 8.58. The monoisotopic (exact) mass is 625 g/mol. The molecule has 2 aromatic carbocycles. The van der Waals surface area contributed by atoms with Crippen molar-refractivity contribution in [3.05, 3.63) is 76.3 Å². The lowest BCUT2D eigenvalue weighted by molar-refractivity contribution is -0.132. The van der Waals surface area contributed by atoms with Gasteiger partial charge in [0.05, 0.1) is 12.1 Å². The van der Waals surface area contributed by atoms with Crippen LogP contribution in [0.15, 0.2) is 59.9 Å². The van der Waals surface area contributed by atoms with Gasteiger partial charge in [0.1, 0.15) is 16.9 Å². The van der Waals surface area contributed by atoms with Crippen LogP contribution in [0.2, 0.25) is 0 Å². The van der Waals surface area contributed by atoms with E-state index < -0.39 is 0 Å². The Morgan fingerprint density at radius 3 is 2.86 bits per heavy atom. The van der Waals surface area contributed by atoms with Gasteiger partial charge in [0.2, 0.25) is 5.91 Å². The van der Waals surface area contributed by atoms with Crippen LogP contribution >= 0.6 is 24.0 Å². The molecule has 2 aliphatic rings. The molecule has 44 heavy (non-hydrogen) atoms. The minimum atomic E-state index is -0.237. The Kier molecular flexibility index (Phi) is 9.12. The first-order valence-electron chi connectivity index (χ1n) is 15.0. The Morgan fingerprint density at radius 2 is 2.02 bits per heavy atom. The molecule has 0 radical (unpaired) electrons. The van der Waals surface area contributed by atoms with E-state index in [4.69, 9.17) is 0 Å². The standard InChI is InChI=1S/C33H35N7O2S2/c1-38(29-11-14-35-33(43)36-29)19-22-6-5-15-39(20-22)16-13-30(41)40-17-12-25-27(18-34)32(44-28(25)21-40)37-31(42)26-10-4-8-23-7-2-3-9-24(23)26/h2-4,7-11,14,22H,5-6,12-13,15-17,19-21H2,1H3,(H,37,42)(H,35,36,43). The topological polar surface area (TPSA) is 105 Å². The Morgan fingerprint density at radius 1 is 1.18 bits per heavy atom. The van der Waals surface area contributed by atoms with Crippen LogP contribution in [-0.4, -0.2) is 71.4 Å². The van der Waals surface area contributed by atoms with E-state index in [1.165, 1.54) is 11.3 Å². The van der Waals surface area contributed by atoms with Crippen LogP contribution in [0.3, 0.4) is 0 Å². The SMILES string of the molecule is CN(CC1CCCN(CCC(=O)N2CCc3c(sc(NC(=O)c4cccc5ccccc45)c3C#N)C2)C1)c1ccnc(S)n1. The van der Waals surface area contributed by atoms with Gasteiger partial charge < -0.3 is 20.0 Å². The number of nitrogens with one attached hydrogen (secondary N) is 1. The van der Waals surface area contributed by atoms with Crippen molar-refractivity contribution in [2.75, 3.05) is 50.0 Å². The van der Waals surface area contributed by atoms with Gasteiger partial charge in [0.25, 0.3) is 5.91 Å². The third-order valence-corrected chi connectivity index (χ3v) is 9.93. The van der Waals surface area contributed by atoms with Gasteiger partial charge in [-0.25, -0.2) is 9.97 Å². The number of hydrogen-bond acceptors (Lipinski definition) is 9. The molecule has 6 rings (SSSR count). The van der Waals surface area contributed by atoms with Crippen LogP contribution in [0.4, 0.5) is 10.8 Å². The van der Waals surface area contributed by atoms with Crippen LogP contribution < -0.4 is 10.2 Å². The number of carbonyl (C=O) groups is 2. The number of fused-ring (bicyclic) bond motifs is 2. The average molecular weight is 626 g/mol. The number of likely N-dealkylation sites (tertiary alicyclic amines) is 1. The number of hydrogen-bond donors (Lipinski definition) is 2. The van der Waals surface area contributed by atoms with E-state index in [1.807, 2.05) is 54.4 Å². The zero-order chi connectivity index (χ0) is 30.6. The van der Waals surface area contributed by atoms with E-state index in [0.29, 0.717) is 53.1 Å². The zero-order valence-electron chi connectivity index (χ0n) is 24.7. The van der Waals surface area contributed by atoms with Crippen molar-refractivity contribution in [2.45, 2.75) is 37.4 Å². The Hall–Kier alpha value is -3.98. The molecule has 0 spiro atoms. The first kappa shape index (κ1) is 30.1. The number of thiol groups is 1. The highest BCUT2D eigenvalue weighted by atomic mass is 32.1. The van der Waals surface area contributed by atoms with E-state index in [-0.39, 0.29) is 11.8 Å². The third kappa shape index (κ3) is 6.58. The van der Waals surface area contributed by atoms with Gasteiger partial charge in [0, 0.05) is 56.3 Å². The zero-order valence-corrected chi connectivity index (χ0v) is 26.4. The summed E-state index contributed by atoms with van der Waals surface area (Å²) in [7, 11) is 2.05. The number of amides is 2. The van der Waals surface area contributed by atoms with Crippen LogP contribution in [0, 0.1) is 17.2 Å². The summed E-state index contributed by atoms with van der Waals surface area (Å²) in [5, 5.41) is 15.9. The van der Waals surface area contributed by atoms with Crippen molar-refractivity contribution >= 4 is 57.4 Å². The lowest BCUT2D eigenvalue weighted by Gasteiger charge is -2.35. The molecule has 0 aliphatic carbocycles. The average Bonchev–Trinajstić information content (AvgIpc) is 3.39. The summed E-state index contributed by atoms with van der Waals surface area (Å²) in [6.07, 6.45) is 5.07. The van der Waals surface area contributed by atoms with E-state index in [0.717, 1.165) is 66.1 Å². The van der Waals surface area contributed by atoms with E-state index in [2.05, 4.69) is 43.8 Å². The fourth-order valence-electron chi connectivity index (χ4n) is 6.36. The fourth-order valence-corrected chi connectivity index (χ4v) is 7.74. The maximum Gasteiger partial charge on any atom is 0.256 e. The predicted octanol–water partition coefficient (Wildman–Crippen LogP) is 5.23. The predicted molar refractivity (Wildman–Crippen MR) is 176 cm³/mol. The second-order valence-corrected chi connectivity index (χ2v) is 13.0. The highest BCUT2D eigenvalue weighted by Crippen LogP contribution is 2.37. The lowest BCUT2D eigenvalue weighted by atomic mass is 9.97. The number of benzene rings is 2. The van der Waals surface area contributed by atoms with E-state index in [1.54, 1.807) is 12.3 Å². The minimum Gasteiger partial charge on any atom is -0.359 e. The number of thiophene rings is 1. The maximum atomic E-state index is 13.3. The molecular weight excluding hydrogens is 591 g/mol. The van der Waals surface area contributed by atoms with Crippen molar-refractivity contribution in [1.82, 2.24) is 19.8 Å². The molecule has 0 bridgehead atoms. The molecule has 4 heterocycles. The summed E-state index contributed by atoms with van der Waals surface area (Å²) < 4.78 is 0. The second-order valence-electron chi connectivity index (χ2n) is 11.5. The first-order valence-corrected chi connectivity index (χ1v) is 16.2. The molecule has 1 saturated heterocycles. The summed E-state index contributed by atoms with van der Waals surface area (Å²) in [6.45, 7) is 4.63. The van der Waals surface area contributed by atoms with Gasteiger partial charge in [-0.05, 0) is 60.2 Å². The van der Waals surface area contributed by atoms with Crippen LogP contribution in [0.5, 0.6) is 0 Å². The minimum absolute atomic E-state index is 0.130. The molecule has 1 N–H and O–H groups in total. The summed E-state index contributed by atoms with van der Waals surface area (Å²) in [6, 6.07) is 17.6. The summed E-state index contributed by atoms with van der Waals surface area (Å²) in [5.74, 6) is 1.26. The largest absolute Gasteiger partial charge is 0.359 e. The molecule has 2 aliphatic heterocycles. The number of nitriles is 1. The molecule has 1 unspecified atom stereocenters. The van der Waals surface area contributed by atoms with E-state index >= 15 is 0 Å². The molecule has 0 saturated carbocycles. The summed E-state index contributed by atoms with van der Waals surface area (Å²) in [5.41, 5.74) is 2.04. The van der Waals surface area contributed by atoms with Crippen LogP contribution in [0.1, 0.15) is 45.6 Å². The Labute approximate surface area is 266 Å². The highest BCUT2D eigenvalue weighted by Gasteiger charge is 2.29. The number of carbonyl (C=O) groups excluding carboxylic acids is 2. The number of anilines is 2. The van der Waals surface area contributed by atoms with Gasteiger partial charge in [-0.1, -0.05) is 36.4 Å². The first-order chi connectivity index (χ1) is 21.4. The number of nitrogens with zero attached hydrogens (tertiary/aromatic N) is 6. The Balaban J connectivity index is 1.05. The molecule has 1 atom stereocenters. The van der Waals surface area contributed by atoms with Crippen molar-refractivity contribution in [3.8, 4) is 6.07 Å². The number of rotatable bonds is 8. The van der Waals surface area contributed by atoms with E-state index in [9.17, 15) is 14.9 Å². The van der Waals surface area contributed by atoms with Crippen LogP contribution in [0.25, 0.3) is 10.8 Å². The van der Waals surface area contributed by atoms with Crippen molar-refractivity contribution < 1.29 is 9.59 Å². The molecule has 2 aromatic heterocycles.